The summed E-state index contributed by atoms with van der Waals surface area (Å²) in [6, 6.07) is 24.9. The minimum atomic E-state index is 0.747. The first-order valence-corrected chi connectivity index (χ1v) is 11.2. The number of pyridine rings is 1. The number of fused-ring (bicyclic) bond motifs is 1. The standard InChI is InChI=1S/C29H30N/c1-20-17-26(23-9-5-4-6-10-23)19-28(21(20)2)29-27-14-13-24(22-11-7-8-12-22)18-25(27)15-16-30(29)3/h4-6,9-10,13-19,22H,7-8,11-12H2,1-3H3/q+1. The molecule has 0 radical (unpaired) electrons. The van der Waals surface area contributed by atoms with Gasteiger partial charge in [0.25, 0.3) is 0 Å². The molecule has 0 unspecified atom stereocenters. The summed E-state index contributed by atoms with van der Waals surface area (Å²) >= 11 is 0. The van der Waals surface area contributed by atoms with Crippen LogP contribution in [-0.2, 0) is 7.05 Å². The Kier molecular flexibility index (Phi) is 4.90. The van der Waals surface area contributed by atoms with Crippen LogP contribution in [-0.4, -0.2) is 0 Å². The zero-order chi connectivity index (χ0) is 20.7. The first-order valence-electron chi connectivity index (χ1n) is 11.2. The maximum atomic E-state index is 2.44. The quantitative estimate of drug-likeness (QED) is 0.323. The van der Waals surface area contributed by atoms with E-state index in [9.17, 15) is 0 Å². The number of aromatic nitrogens is 1. The lowest BCUT2D eigenvalue weighted by atomic mass is 9.90. The summed E-state index contributed by atoms with van der Waals surface area (Å²) < 4.78 is 2.29. The summed E-state index contributed by atoms with van der Waals surface area (Å²) in [5.74, 6) is 0.747. The lowest BCUT2D eigenvalue weighted by Gasteiger charge is -2.15. The van der Waals surface area contributed by atoms with Crippen LogP contribution in [0.15, 0.2) is 72.9 Å². The molecule has 1 heteroatoms. The highest BCUT2D eigenvalue weighted by Crippen LogP contribution is 2.37. The molecule has 1 fully saturated rings. The van der Waals surface area contributed by atoms with Gasteiger partial charge in [0.05, 0.1) is 10.9 Å². The van der Waals surface area contributed by atoms with Gasteiger partial charge in [0.1, 0.15) is 7.05 Å². The second-order valence-electron chi connectivity index (χ2n) is 8.94. The maximum absolute atomic E-state index is 2.44. The predicted molar refractivity (Wildman–Crippen MR) is 127 cm³/mol. The summed E-state index contributed by atoms with van der Waals surface area (Å²) in [7, 11) is 2.17. The number of hydrogen-bond donors (Lipinski definition) is 0. The molecule has 1 nitrogen and oxygen atoms in total. The number of benzene rings is 3. The lowest BCUT2D eigenvalue weighted by molar-refractivity contribution is -0.659. The first-order chi connectivity index (χ1) is 14.6. The van der Waals surface area contributed by atoms with Crippen LogP contribution >= 0.6 is 0 Å². The van der Waals surface area contributed by atoms with Crippen LogP contribution in [0.2, 0.25) is 0 Å². The van der Waals surface area contributed by atoms with Crippen LogP contribution in [0.1, 0.15) is 48.3 Å². The second kappa shape index (κ2) is 7.72. The molecule has 0 atom stereocenters. The van der Waals surface area contributed by atoms with Gasteiger partial charge in [-0.25, -0.2) is 4.57 Å². The van der Waals surface area contributed by atoms with Gasteiger partial charge in [-0.3, -0.25) is 0 Å². The van der Waals surface area contributed by atoms with Crippen molar-refractivity contribution < 1.29 is 4.57 Å². The van der Waals surface area contributed by atoms with Gasteiger partial charge < -0.3 is 0 Å². The summed E-state index contributed by atoms with van der Waals surface area (Å²) in [5.41, 5.74) is 9.41. The fourth-order valence-electron chi connectivity index (χ4n) is 5.14. The van der Waals surface area contributed by atoms with Crippen LogP contribution in [0.3, 0.4) is 0 Å². The van der Waals surface area contributed by atoms with E-state index in [0.29, 0.717) is 0 Å². The van der Waals surface area contributed by atoms with Gasteiger partial charge in [0.2, 0.25) is 5.69 Å². The topological polar surface area (TPSA) is 3.88 Å². The van der Waals surface area contributed by atoms with Gasteiger partial charge in [-0.05, 0) is 77.9 Å². The van der Waals surface area contributed by atoms with E-state index in [0.717, 1.165) is 5.92 Å². The van der Waals surface area contributed by atoms with E-state index in [-0.39, 0.29) is 0 Å². The van der Waals surface area contributed by atoms with Crippen molar-refractivity contribution in [3.05, 3.63) is 89.6 Å². The molecule has 4 aromatic rings. The molecule has 1 aliphatic rings. The smallest absolute Gasteiger partial charge is 0.200 e. The Labute approximate surface area is 180 Å². The normalized spacial score (nSPS) is 14.5. The van der Waals surface area contributed by atoms with Crippen molar-refractivity contribution in [2.24, 2.45) is 7.05 Å². The molecule has 1 aliphatic carbocycles. The summed E-state index contributed by atoms with van der Waals surface area (Å²) in [4.78, 5) is 0. The van der Waals surface area contributed by atoms with Gasteiger partial charge in [0.15, 0.2) is 6.20 Å². The summed E-state index contributed by atoms with van der Waals surface area (Å²) in [6.07, 6.45) is 7.66. The van der Waals surface area contributed by atoms with Crippen molar-refractivity contribution in [3.63, 3.8) is 0 Å². The third-order valence-corrected chi connectivity index (χ3v) is 7.02. The Morgan fingerprint density at radius 2 is 1.57 bits per heavy atom. The van der Waals surface area contributed by atoms with E-state index in [1.54, 1.807) is 0 Å². The second-order valence-corrected chi connectivity index (χ2v) is 8.94. The summed E-state index contributed by atoms with van der Waals surface area (Å²) in [5, 5.41) is 2.70. The number of rotatable bonds is 3. The van der Waals surface area contributed by atoms with Crippen molar-refractivity contribution in [3.8, 4) is 22.4 Å². The molecule has 1 aromatic heterocycles. The zero-order valence-electron chi connectivity index (χ0n) is 18.3. The number of aryl methyl sites for hydroxylation is 2. The Morgan fingerprint density at radius 3 is 2.33 bits per heavy atom. The van der Waals surface area contributed by atoms with Crippen LogP contribution in [0.5, 0.6) is 0 Å². The van der Waals surface area contributed by atoms with Gasteiger partial charge in [-0.15, -0.1) is 0 Å². The van der Waals surface area contributed by atoms with Crippen molar-refractivity contribution in [2.75, 3.05) is 0 Å². The van der Waals surface area contributed by atoms with Crippen LogP contribution in [0, 0.1) is 13.8 Å². The summed E-state index contributed by atoms with van der Waals surface area (Å²) in [6.45, 7) is 4.49. The molecular formula is C29H30N+. The molecule has 0 bridgehead atoms. The van der Waals surface area contributed by atoms with E-state index in [1.807, 2.05) is 0 Å². The fraction of sp³-hybridized carbons (Fsp3) is 0.276. The van der Waals surface area contributed by atoms with E-state index < -0.39 is 0 Å². The highest BCUT2D eigenvalue weighted by atomic mass is 14.9. The van der Waals surface area contributed by atoms with Crippen LogP contribution in [0.4, 0.5) is 0 Å². The lowest BCUT2D eigenvalue weighted by Crippen LogP contribution is -2.30. The minimum Gasteiger partial charge on any atom is -0.200 e. The minimum absolute atomic E-state index is 0.747. The van der Waals surface area contributed by atoms with Crippen LogP contribution < -0.4 is 4.57 Å². The molecule has 30 heavy (non-hydrogen) atoms. The molecule has 5 rings (SSSR count). The van der Waals surface area contributed by atoms with E-state index in [4.69, 9.17) is 0 Å². The molecule has 0 amide bonds. The van der Waals surface area contributed by atoms with Crippen molar-refractivity contribution in [2.45, 2.75) is 45.4 Å². The SMILES string of the molecule is Cc1cc(-c2ccccc2)cc(-c2c3ccc(C4CCCC4)cc3cc[n+]2C)c1C. The van der Waals surface area contributed by atoms with Gasteiger partial charge in [-0.1, -0.05) is 61.4 Å². The highest BCUT2D eigenvalue weighted by molar-refractivity contribution is 5.95. The maximum Gasteiger partial charge on any atom is 0.220 e. The Balaban J connectivity index is 1.70. The first kappa shape index (κ1) is 19.1. The van der Waals surface area contributed by atoms with Crippen LogP contribution in [0.25, 0.3) is 33.2 Å². The van der Waals surface area contributed by atoms with Crippen molar-refractivity contribution in [1.29, 1.82) is 0 Å². The largest absolute Gasteiger partial charge is 0.220 e. The molecule has 150 valence electrons. The molecule has 0 spiro atoms. The van der Waals surface area contributed by atoms with Gasteiger partial charge >= 0.3 is 0 Å². The van der Waals surface area contributed by atoms with Crippen molar-refractivity contribution >= 4 is 10.8 Å². The van der Waals surface area contributed by atoms with E-state index in [1.165, 1.54) is 75.5 Å². The molecule has 0 aliphatic heterocycles. The van der Waals surface area contributed by atoms with E-state index >= 15 is 0 Å². The molecule has 0 saturated heterocycles. The molecule has 1 heterocycles. The Bertz CT molecular complexity index is 1210. The molecule has 1 saturated carbocycles. The molecular weight excluding hydrogens is 362 g/mol. The fourth-order valence-corrected chi connectivity index (χ4v) is 5.14. The third kappa shape index (κ3) is 3.33. The number of hydrogen-bond acceptors (Lipinski definition) is 0. The van der Waals surface area contributed by atoms with E-state index in [2.05, 4.69) is 98.4 Å². The predicted octanol–water partition coefficient (Wildman–Crippen LogP) is 7.27. The number of nitrogens with zero attached hydrogens (tertiary/aromatic N) is 1. The Morgan fingerprint density at radius 1 is 0.800 bits per heavy atom. The van der Waals surface area contributed by atoms with Crippen molar-refractivity contribution in [1.82, 2.24) is 0 Å². The average Bonchev–Trinajstić information content (AvgIpc) is 3.31. The monoisotopic (exact) mass is 392 g/mol. The molecule has 0 N–H and O–H groups in total. The molecule has 3 aromatic carbocycles. The third-order valence-electron chi connectivity index (χ3n) is 7.02. The van der Waals surface area contributed by atoms with Gasteiger partial charge in [0, 0.05) is 6.07 Å². The zero-order valence-corrected chi connectivity index (χ0v) is 18.3. The average molecular weight is 393 g/mol. The highest BCUT2D eigenvalue weighted by Gasteiger charge is 2.22. The van der Waals surface area contributed by atoms with Gasteiger partial charge in [-0.2, -0.15) is 0 Å². The Hall–Kier alpha value is -2.93.